The summed E-state index contributed by atoms with van der Waals surface area (Å²) < 4.78 is 33.2. The van der Waals surface area contributed by atoms with Gasteiger partial charge < -0.3 is 10.1 Å². The van der Waals surface area contributed by atoms with Gasteiger partial charge in [-0.2, -0.15) is 4.31 Å². The van der Waals surface area contributed by atoms with Crippen molar-refractivity contribution in [1.82, 2.24) is 14.5 Å². The summed E-state index contributed by atoms with van der Waals surface area (Å²) in [5, 5.41) is 2.93. The molecular weight excluding hydrogens is 414 g/mol. The van der Waals surface area contributed by atoms with E-state index in [1.807, 2.05) is 17.0 Å². The molecule has 4 rings (SSSR count). The number of piperazine rings is 1. The molecule has 2 aliphatic heterocycles. The van der Waals surface area contributed by atoms with E-state index in [4.69, 9.17) is 4.74 Å². The fraction of sp³-hybridized carbons (Fsp3) is 0.696. The molecule has 31 heavy (non-hydrogen) atoms. The summed E-state index contributed by atoms with van der Waals surface area (Å²) in [6.45, 7) is 3.58. The van der Waals surface area contributed by atoms with Crippen molar-refractivity contribution in [3.8, 4) is 0 Å². The third kappa shape index (κ3) is 5.86. The Morgan fingerprint density at radius 2 is 1.68 bits per heavy atom. The number of benzene rings is 1. The quantitative estimate of drug-likeness (QED) is 0.691. The Labute approximate surface area is 186 Å². The van der Waals surface area contributed by atoms with Crippen LogP contribution in [0.5, 0.6) is 0 Å². The van der Waals surface area contributed by atoms with Gasteiger partial charge in [0.25, 0.3) is 0 Å². The first-order valence-corrected chi connectivity index (χ1v) is 13.2. The molecule has 1 unspecified atom stereocenters. The summed E-state index contributed by atoms with van der Waals surface area (Å²) in [6.07, 6.45) is 8.44. The van der Waals surface area contributed by atoms with Crippen molar-refractivity contribution in [2.45, 2.75) is 61.9 Å². The SMILES string of the molecule is O=C(CN1CCN(S(=O)(=O)c2ccc(C3CCCCC3)cc2)CC1)NCC1CCCO1. The molecule has 3 aliphatic rings. The van der Waals surface area contributed by atoms with Gasteiger partial charge >= 0.3 is 0 Å². The Morgan fingerprint density at radius 3 is 2.32 bits per heavy atom. The number of nitrogens with zero attached hydrogens (tertiary/aromatic N) is 2. The standard InChI is InChI=1S/C23H35N3O4S/c27-23(24-17-21-7-4-16-30-21)18-25-12-14-26(15-13-25)31(28,29)22-10-8-20(9-11-22)19-5-2-1-3-6-19/h8-11,19,21H,1-7,12-18H2,(H,24,27). The topological polar surface area (TPSA) is 79.0 Å². The van der Waals surface area contributed by atoms with E-state index in [-0.39, 0.29) is 12.0 Å². The maximum absolute atomic E-state index is 13.1. The minimum atomic E-state index is -3.49. The molecule has 1 aromatic carbocycles. The van der Waals surface area contributed by atoms with E-state index in [2.05, 4.69) is 5.32 Å². The molecule has 1 aromatic rings. The first-order chi connectivity index (χ1) is 15.0. The Bertz CT molecular complexity index is 823. The number of sulfonamides is 1. The Kier molecular flexibility index (Phi) is 7.63. The fourth-order valence-corrected chi connectivity index (χ4v) is 6.34. The number of hydrogen-bond acceptors (Lipinski definition) is 5. The molecule has 3 fully saturated rings. The van der Waals surface area contributed by atoms with Crippen LogP contribution >= 0.6 is 0 Å². The molecule has 2 heterocycles. The van der Waals surface area contributed by atoms with Crippen LogP contribution in [0.25, 0.3) is 0 Å². The van der Waals surface area contributed by atoms with Crippen molar-refractivity contribution in [2.75, 3.05) is 45.9 Å². The first kappa shape index (κ1) is 22.7. The molecule has 1 amide bonds. The highest BCUT2D eigenvalue weighted by Crippen LogP contribution is 2.33. The summed E-state index contributed by atoms with van der Waals surface area (Å²) in [6, 6.07) is 7.53. The van der Waals surface area contributed by atoms with Gasteiger partial charge in [-0.05, 0) is 49.3 Å². The highest BCUT2D eigenvalue weighted by molar-refractivity contribution is 7.89. The fourth-order valence-electron chi connectivity index (χ4n) is 4.92. The third-order valence-electron chi connectivity index (χ3n) is 6.84. The third-order valence-corrected chi connectivity index (χ3v) is 8.76. The maximum Gasteiger partial charge on any atom is 0.243 e. The molecule has 1 atom stereocenters. The molecule has 172 valence electrons. The number of hydrogen-bond donors (Lipinski definition) is 1. The monoisotopic (exact) mass is 449 g/mol. The summed E-state index contributed by atoms with van der Waals surface area (Å²) in [5.74, 6) is 0.547. The minimum absolute atomic E-state index is 0.0230. The lowest BCUT2D eigenvalue weighted by atomic mass is 9.84. The second kappa shape index (κ2) is 10.4. The van der Waals surface area contributed by atoms with Crippen LogP contribution in [-0.2, 0) is 19.6 Å². The van der Waals surface area contributed by atoms with Gasteiger partial charge in [-0.15, -0.1) is 0 Å². The zero-order chi connectivity index (χ0) is 21.7. The van der Waals surface area contributed by atoms with Gasteiger partial charge in [-0.3, -0.25) is 9.69 Å². The van der Waals surface area contributed by atoms with Crippen molar-refractivity contribution < 1.29 is 17.9 Å². The van der Waals surface area contributed by atoms with Gasteiger partial charge in [0, 0.05) is 39.3 Å². The number of rotatable bonds is 7. The number of carbonyl (C=O) groups is 1. The van der Waals surface area contributed by atoms with Crippen molar-refractivity contribution in [3.05, 3.63) is 29.8 Å². The second-order valence-electron chi connectivity index (χ2n) is 9.02. The highest BCUT2D eigenvalue weighted by Gasteiger charge is 2.29. The van der Waals surface area contributed by atoms with Gasteiger partial charge in [0.05, 0.1) is 17.5 Å². The molecule has 0 radical (unpaired) electrons. The summed E-state index contributed by atoms with van der Waals surface area (Å²) in [4.78, 5) is 14.6. The van der Waals surface area contributed by atoms with Crippen LogP contribution in [-0.4, -0.2) is 75.5 Å². The number of carbonyl (C=O) groups excluding carboxylic acids is 1. The van der Waals surface area contributed by atoms with Crippen molar-refractivity contribution in [1.29, 1.82) is 0 Å². The second-order valence-corrected chi connectivity index (χ2v) is 11.0. The van der Waals surface area contributed by atoms with E-state index in [0.29, 0.717) is 50.1 Å². The highest BCUT2D eigenvalue weighted by atomic mass is 32.2. The Morgan fingerprint density at radius 1 is 0.968 bits per heavy atom. The van der Waals surface area contributed by atoms with Gasteiger partial charge in [0.2, 0.25) is 15.9 Å². The smallest absolute Gasteiger partial charge is 0.243 e. The molecule has 0 aromatic heterocycles. The molecule has 1 aliphatic carbocycles. The van der Waals surface area contributed by atoms with Gasteiger partial charge in [-0.25, -0.2) is 8.42 Å². The number of ether oxygens (including phenoxy) is 1. The molecular formula is C23H35N3O4S. The van der Waals surface area contributed by atoms with Crippen molar-refractivity contribution in [3.63, 3.8) is 0 Å². The number of amides is 1. The van der Waals surface area contributed by atoms with E-state index in [9.17, 15) is 13.2 Å². The van der Waals surface area contributed by atoms with Gasteiger partial charge in [0.1, 0.15) is 0 Å². The molecule has 2 saturated heterocycles. The van der Waals surface area contributed by atoms with Crippen LogP contribution in [0.15, 0.2) is 29.2 Å². The average molecular weight is 450 g/mol. The molecule has 1 N–H and O–H groups in total. The van der Waals surface area contributed by atoms with Crippen LogP contribution in [0.2, 0.25) is 0 Å². The van der Waals surface area contributed by atoms with Gasteiger partial charge in [0.15, 0.2) is 0 Å². The summed E-state index contributed by atoms with van der Waals surface area (Å²) >= 11 is 0. The van der Waals surface area contributed by atoms with E-state index in [1.54, 1.807) is 16.4 Å². The zero-order valence-corrected chi connectivity index (χ0v) is 19.1. The summed E-state index contributed by atoms with van der Waals surface area (Å²) in [5.41, 5.74) is 1.26. The lowest BCUT2D eigenvalue weighted by Gasteiger charge is -2.33. The first-order valence-electron chi connectivity index (χ1n) is 11.7. The van der Waals surface area contributed by atoms with Gasteiger partial charge in [-0.1, -0.05) is 31.4 Å². The summed E-state index contributed by atoms with van der Waals surface area (Å²) in [7, 11) is -3.49. The Hall–Kier alpha value is -1.48. The predicted molar refractivity (Wildman–Crippen MR) is 119 cm³/mol. The zero-order valence-electron chi connectivity index (χ0n) is 18.3. The number of nitrogens with one attached hydrogen (secondary N) is 1. The predicted octanol–water partition coefficient (Wildman–Crippen LogP) is 2.34. The maximum atomic E-state index is 13.1. The van der Waals surface area contributed by atoms with Crippen LogP contribution in [0.4, 0.5) is 0 Å². The lowest BCUT2D eigenvalue weighted by molar-refractivity contribution is -0.123. The van der Waals surface area contributed by atoms with E-state index in [0.717, 1.165) is 19.4 Å². The van der Waals surface area contributed by atoms with Crippen LogP contribution in [0.3, 0.4) is 0 Å². The van der Waals surface area contributed by atoms with Crippen LogP contribution in [0.1, 0.15) is 56.4 Å². The molecule has 0 spiro atoms. The lowest BCUT2D eigenvalue weighted by Crippen LogP contribution is -2.51. The molecule has 0 bridgehead atoms. The minimum Gasteiger partial charge on any atom is -0.376 e. The van der Waals surface area contributed by atoms with Crippen LogP contribution < -0.4 is 5.32 Å². The van der Waals surface area contributed by atoms with Crippen molar-refractivity contribution >= 4 is 15.9 Å². The van der Waals surface area contributed by atoms with Crippen LogP contribution in [0, 0.1) is 0 Å². The molecule has 7 nitrogen and oxygen atoms in total. The molecule has 1 saturated carbocycles. The average Bonchev–Trinajstić information content (AvgIpc) is 3.33. The van der Waals surface area contributed by atoms with E-state index >= 15 is 0 Å². The normalized spacial score (nSPS) is 24.3. The largest absolute Gasteiger partial charge is 0.376 e. The van der Waals surface area contributed by atoms with E-state index < -0.39 is 10.0 Å². The van der Waals surface area contributed by atoms with Crippen molar-refractivity contribution in [2.24, 2.45) is 0 Å². The Balaban J connectivity index is 1.25. The van der Waals surface area contributed by atoms with E-state index in [1.165, 1.54) is 37.7 Å². The molecule has 8 heteroatoms.